The summed E-state index contributed by atoms with van der Waals surface area (Å²) in [4.78, 5) is 17.4. The van der Waals surface area contributed by atoms with E-state index in [0.717, 1.165) is 83.0 Å². The van der Waals surface area contributed by atoms with Gasteiger partial charge in [0.25, 0.3) is 0 Å². The van der Waals surface area contributed by atoms with E-state index in [0.29, 0.717) is 17.5 Å². The van der Waals surface area contributed by atoms with Crippen LogP contribution in [0, 0.1) is 0 Å². The molecule has 0 unspecified atom stereocenters. The molecule has 272 valence electrons. The van der Waals surface area contributed by atoms with Crippen molar-refractivity contribution < 1.29 is 4.42 Å². The SMILES string of the molecule is c1ccc(-c2nc(-c3ccc4ccccc4c3)nc(-c3ccc4c(c3)oc3c(-c5ccc(N(c6ccccc6)c6ccccc6)cc5)c5ccccc5cc34)n2)cc1. The summed E-state index contributed by atoms with van der Waals surface area (Å²) in [6.45, 7) is 0. The minimum Gasteiger partial charge on any atom is -0.455 e. The third-order valence-electron chi connectivity index (χ3n) is 10.9. The van der Waals surface area contributed by atoms with Crippen LogP contribution < -0.4 is 4.90 Å². The molecule has 58 heavy (non-hydrogen) atoms. The summed E-state index contributed by atoms with van der Waals surface area (Å²) in [5, 5.41) is 6.69. The third kappa shape index (κ3) is 5.94. The number of nitrogens with zero attached hydrogens (tertiary/aromatic N) is 4. The molecule has 0 fully saturated rings. The fourth-order valence-corrected chi connectivity index (χ4v) is 8.06. The van der Waals surface area contributed by atoms with Crippen LogP contribution in [-0.2, 0) is 0 Å². The van der Waals surface area contributed by atoms with Crippen LogP contribution in [-0.4, -0.2) is 15.0 Å². The standard InChI is InChI=1S/C53H34N4O/c1-4-15-37(16-5-1)51-54-52(40-25-24-35-14-10-11-17-38(35)32-40)56-53(55-51)41-28-31-46-47-33-39-18-12-13-23-45(39)49(50(47)58-48(46)34-41)36-26-29-44(30-27-36)57(42-19-6-2-7-20-42)43-21-8-3-9-22-43/h1-34H. The van der Waals surface area contributed by atoms with Crippen molar-refractivity contribution in [2.45, 2.75) is 0 Å². The lowest BCUT2D eigenvalue weighted by Gasteiger charge is -2.25. The first-order valence-corrected chi connectivity index (χ1v) is 19.4. The second-order valence-electron chi connectivity index (χ2n) is 14.4. The van der Waals surface area contributed by atoms with E-state index in [4.69, 9.17) is 19.4 Å². The molecule has 0 atom stereocenters. The number of rotatable bonds is 7. The minimum absolute atomic E-state index is 0.585. The second kappa shape index (κ2) is 14.0. The first kappa shape index (κ1) is 33.4. The molecule has 0 bridgehead atoms. The van der Waals surface area contributed by atoms with Gasteiger partial charge in [-0.05, 0) is 87.8 Å². The van der Waals surface area contributed by atoms with Gasteiger partial charge in [-0.25, -0.2) is 15.0 Å². The molecule has 9 aromatic carbocycles. The maximum atomic E-state index is 6.92. The molecule has 0 saturated heterocycles. The number of benzene rings is 9. The van der Waals surface area contributed by atoms with Gasteiger partial charge in [0, 0.05) is 50.1 Å². The Bertz CT molecular complexity index is 3230. The van der Waals surface area contributed by atoms with Crippen LogP contribution in [0.1, 0.15) is 0 Å². The summed E-state index contributed by atoms with van der Waals surface area (Å²) in [7, 11) is 0. The van der Waals surface area contributed by atoms with Crippen molar-refractivity contribution in [1.29, 1.82) is 0 Å². The Morgan fingerprint density at radius 1 is 0.328 bits per heavy atom. The third-order valence-corrected chi connectivity index (χ3v) is 10.9. The van der Waals surface area contributed by atoms with E-state index in [9.17, 15) is 0 Å². The average Bonchev–Trinajstić information content (AvgIpc) is 3.66. The van der Waals surface area contributed by atoms with Gasteiger partial charge in [-0.1, -0.05) is 146 Å². The van der Waals surface area contributed by atoms with E-state index in [1.807, 2.05) is 42.5 Å². The molecule has 5 heteroatoms. The maximum absolute atomic E-state index is 6.92. The highest BCUT2D eigenvalue weighted by Crippen LogP contribution is 2.43. The van der Waals surface area contributed by atoms with Gasteiger partial charge in [0.2, 0.25) is 0 Å². The zero-order valence-corrected chi connectivity index (χ0v) is 31.3. The lowest BCUT2D eigenvalue weighted by Crippen LogP contribution is -2.09. The number of furan rings is 1. The quantitative estimate of drug-likeness (QED) is 0.163. The van der Waals surface area contributed by atoms with E-state index < -0.39 is 0 Å². The van der Waals surface area contributed by atoms with Crippen LogP contribution >= 0.6 is 0 Å². The van der Waals surface area contributed by atoms with Crippen LogP contribution in [0.25, 0.3) is 88.8 Å². The Morgan fingerprint density at radius 2 is 0.845 bits per heavy atom. The highest BCUT2D eigenvalue weighted by atomic mass is 16.3. The molecule has 0 spiro atoms. The Balaban J connectivity index is 1.05. The molecule has 2 heterocycles. The maximum Gasteiger partial charge on any atom is 0.164 e. The number of aromatic nitrogens is 3. The van der Waals surface area contributed by atoms with Gasteiger partial charge >= 0.3 is 0 Å². The molecule has 2 aromatic heterocycles. The van der Waals surface area contributed by atoms with Crippen molar-refractivity contribution in [2.75, 3.05) is 4.90 Å². The Kier molecular flexibility index (Phi) is 8.07. The predicted molar refractivity (Wildman–Crippen MR) is 239 cm³/mol. The van der Waals surface area contributed by atoms with Crippen molar-refractivity contribution in [1.82, 2.24) is 15.0 Å². The minimum atomic E-state index is 0.585. The number of anilines is 3. The van der Waals surface area contributed by atoms with Gasteiger partial charge in [-0.2, -0.15) is 0 Å². The van der Waals surface area contributed by atoms with Crippen LogP contribution in [0.5, 0.6) is 0 Å². The Morgan fingerprint density at radius 3 is 1.53 bits per heavy atom. The zero-order valence-electron chi connectivity index (χ0n) is 31.3. The number of hydrogen-bond donors (Lipinski definition) is 0. The number of hydrogen-bond acceptors (Lipinski definition) is 5. The van der Waals surface area contributed by atoms with Gasteiger partial charge < -0.3 is 9.32 Å². The summed E-state index contributed by atoms with van der Waals surface area (Å²) >= 11 is 0. The molecule has 11 aromatic rings. The van der Waals surface area contributed by atoms with Gasteiger partial charge in [-0.3, -0.25) is 0 Å². The average molecular weight is 743 g/mol. The van der Waals surface area contributed by atoms with Crippen molar-refractivity contribution in [2.24, 2.45) is 0 Å². The fourth-order valence-electron chi connectivity index (χ4n) is 8.06. The number of fused-ring (bicyclic) bond motifs is 5. The van der Waals surface area contributed by atoms with Gasteiger partial charge in [-0.15, -0.1) is 0 Å². The first-order valence-electron chi connectivity index (χ1n) is 19.4. The van der Waals surface area contributed by atoms with E-state index >= 15 is 0 Å². The lowest BCUT2D eigenvalue weighted by molar-refractivity contribution is 0.670. The van der Waals surface area contributed by atoms with Crippen LogP contribution in [0.15, 0.2) is 211 Å². The molecule has 11 rings (SSSR count). The molecular formula is C53H34N4O. The molecule has 0 aliphatic heterocycles. The van der Waals surface area contributed by atoms with E-state index in [1.165, 1.54) is 5.39 Å². The molecule has 0 radical (unpaired) electrons. The highest BCUT2D eigenvalue weighted by molar-refractivity contribution is 6.18. The Labute approximate surface area is 335 Å². The monoisotopic (exact) mass is 742 g/mol. The second-order valence-corrected chi connectivity index (χ2v) is 14.4. The van der Waals surface area contributed by atoms with E-state index in [-0.39, 0.29) is 0 Å². The predicted octanol–water partition coefficient (Wildman–Crippen LogP) is 14.2. The molecular weight excluding hydrogens is 709 g/mol. The summed E-state index contributed by atoms with van der Waals surface area (Å²) in [5.41, 5.74) is 9.74. The summed E-state index contributed by atoms with van der Waals surface area (Å²) in [6.07, 6.45) is 0. The van der Waals surface area contributed by atoms with Crippen molar-refractivity contribution >= 4 is 60.5 Å². The molecule has 0 amide bonds. The van der Waals surface area contributed by atoms with Gasteiger partial charge in [0.05, 0.1) is 0 Å². The van der Waals surface area contributed by atoms with Gasteiger partial charge in [0.1, 0.15) is 11.2 Å². The molecule has 0 aliphatic rings. The summed E-state index contributed by atoms with van der Waals surface area (Å²) < 4.78 is 6.92. The van der Waals surface area contributed by atoms with Crippen molar-refractivity contribution in [3.05, 3.63) is 206 Å². The van der Waals surface area contributed by atoms with Crippen molar-refractivity contribution in [3.8, 4) is 45.3 Å². The summed E-state index contributed by atoms with van der Waals surface area (Å²) in [5.74, 6) is 1.82. The van der Waals surface area contributed by atoms with E-state index in [1.54, 1.807) is 0 Å². The summed E-state index contributed by atoms with van der Waals surface area (Å²) in [6, 6.07) is 71.6. The zero-order chi connectivity index (χ0) is 38.4. The first-order chi connectivity index (χ1) is 28.7. The van der Waals surface area contributed by atoms with Crippen molar-refractivity contribution in [3.63, 3.8) is 0 Å². The number of para-hydroxylation sites is 2. The molecule has 5 nitrogen and oxygen atoms in total. The van der Waals surface area contributed by atoms with Crippen LogP contribution in [0.4, 0.5) is 17.1 Å². The Hall–Kier alpha value is -7.89. The van der Waals surface area contributed by atoms with Gasteiger partial charge in [0.15, 0.2) is 17.5 Å². The van der Waals surface area contributed by atoms with Crippen LogP contribution in [0.3, 0.4) is 0 Å². The lowest BCUT2D eigenvalue weighted by atomic mass is 9.95. The highest BCUT2D eigenvalue weighted by Gasteiger charge is 2.20. The molecule has 0 saturated carbocycles. The fraction of sp³-hybridized carbons (Fsp3) is 0. The normalized spacial score (nSPS) is 11.4. The smallest absolute Gasteiger partial charge is 0.164 e. The van der Waals surface area contributed by atoms with E-state index in [2.05, 4.69) is 169 Å². The largest absolute Gasteiger partial charge is 0.455 e. The molecule has 0 aliphatic carbocycles. The topological polar surface area (TPSA) is 55.1 Å². The van der Waals surface area contributed by atoms with Crippen LogP contribution in [0.2, 0.25) is 0 Å². The molecule has 0 N–H and O–H groups in total.